The van der Waals surface area contributed by atoms with Gasteiger partial charge in [-0.05, 0) is 76.0 Å². The van der Waals surface area contributed by atoms with Gasteiger partial charge in [-0.25, -0.2) is 0 Å². The van der Waals surface area contributed by atoms with Crippen LogP contribution in [0.25, 0.3) is 11.3 Å². The van der Waals surface area contributed by atoms with Gasteiger partial charge in [-0.15, -0.1) is 0 Å². The zero-order valence-corrected chi connectivity index (χ0v) is 17.8. The zero-order valence-electron chi connectivity index (χ0n) is 17.8. The normalized spacial score (nSPS) is 27.8. The van der Waals surface area contributed by atoms with E-state index in [9.17, 15) is 0 Å². The van der Waals surface area contributed by atoms with E-state index in [0.29, 0.717) is 23.9 Å². The zero-order chi connectivity index (χ0) is 20.1. The molecule has 160 valence electrons. The molecule has 0 spiro atoms. The third-order valence-corrected chi connectivity index (χ3v) is 7.64. The van der Waals surface area contributed by atoms with Crippen LogP contribution in [0, 0.1) is 5.92 Å². The molecule has 0 aromatic carbocycles. The minimum absolute atomic E-state index is 0.516. The standard InChI is InChI=1S/C24H34N6/c25-14-16-11-21(12-16)30-15-22(24(28-30)17-1-2-17)23-13-19(5-8-26-23)27-18-6-9-29(10-7-18)20-3-4-20/h5,8,13,15-18,20-21H,1-4,6-7,9-12,14,25H2,(H,26,27). The molecule has 6 nitrogen and oxygen atoms in total. The molecule has 1 aliphatic heterocycles. The molecule has 4 fully saturated rings. The van der Waals surface area contributed by atoms with Gasteiger partial charge in [-0.2, -0.15) is 5.10 Å². The molecule has 0 bridgehead atoms. The fourth-order valence-electron chi connectivity index (χ4n) is 5.31. The molecule has 6 rings (SSSR count). The van der Waals surface area contributed by atoms with E-state index in [1.807, 2.05) is 6.20 Å². The molecule has 30 heavy (non-hydrogen) atoms. The Labute approximate surface area is 179 Å². The van der Waals surface area contributed by atoms with Crippen LogP contribution in [0.3, 0.4) is 0 Å². The van der Waals surface area contributed by atoms with Gasteiger partial charge in [0.25, 0.3) is 0 Å². The third-order valence-electron chi connectivity index (χ3n) is 7.64. The summed E-state index contributed by atoms with van der Waals surface area (Å²) in [6.45, 7) is 3.28. The van der Waals surface area contributed by atoms with Crippen LogP contribution >= 0.6 is 0 Å². The first-order valence-corrected chi connectivity index (χ1v) is 12.0. The number of rotatable bonds is 7. The maximum absolute atomic E-state index is 5.83. The van der Waals surface area contributed by atoms with E-state index < -0.39 is 0 Å². The van der Waals surface area contributed by atoms with Crippen molar-refractivity contribution in [3.8, 4) is 11.3 Å². The summed E-state index contributed by atoms with van der Waals surface area (Å²) < 4.78 is 2.21. The summed E-state index contributed by atoms with van der Waals surface area (Å²) in [4.78, 5) is 7.43. The summed E-state index contributed by atoms with van der Waals surface area (Å²) in [6.07, 6.45) is 14.4. The number of nitrogens with zero attached hydrogens (tertiary/aromatic N) is 4. The Balaban J connectivity index is 1.18. The molecule has 3 heterocycles. The quantitative estimate of drug-likeness (QED) is 0.732. The Kier molecular flexibility index (Phi) is 4.80. The van der Waals surface area contributed by atoms with Crippen molar-refractivity contribution in [2.24, 2.45) is 11.7 Å². The highest BCUT2D eigenvalue weighted by atomic mass is 15.3. The Hall–Kier alpha value is -1.92. The van der Waals surface area contributed by atoms with Crippen molar-refractivity contribution in [3.05, 3.63) is 30.2 Å². The Morgan fingerprint density at radius 1 is 1.03 bits per heavy atom. The minimum atomic E-state index is 0.516. The summed E-state index contributed by atoms with van der Waals surface area (Å²) in [5.74, 6) is 1.29. The lowest BCUT2D eigenvalue weighted by Gasteiger charge is -2.34. The number of aromatic nitrogens is 3. The first-order valence-electron chi connectivity index (χ1n) is 12.0. The van der Waals surface area contributed by atoms with Gasteiger partial charge in [-0.3, -0.25) is 9.67 Å². The lowest BCUT2D eigenvalue weighted by molar-refractivity contribution is 0.189. The number of nitrogens with one attached hydrogen (secondary N) is 1. The second kappa shape index (κ2) is 7.65. The molecule has 3 aliphatic carbocycles. The number of hydrogen-bond donors (Lipinski definition) is 2. The lowest BCUT2D eigenvalue weighted by Crippen LogP contribution is -2.40. The second-order valence-corrected chi connectivity index (χ2v) is 10.0. The number of anilines is 1. The second-order valence-electron chi connectivity index (χ2n) is 10.0. The largest absolute Gasteiger partial charge is 0.382 e. The number of pyridine rings is 1. The van der Waals surface area contributed by atoms with Crippen molar-refractivity contribution in [2.75, 3.05) is 25.0 Å². The van der Waals surface area contributed by atoms with Crippen LogP contribution in [-0.2, 0) is 0 Å². The number of likely N-dealkylation sites (tertiary alicyclic amines) is 1. The van der Waals surface area contributed by atoms with Crippen LogP contribution in [-0.4, -0.2) is 51.4 Å². The number of piperidine rings is 1. The van der Waals surface area contributed by atoms with Gasteiger partial charge in [-0.1, -0.05) is 0 Å². The van der Waals surface area contributed by atoms with Crippen molar-refractivity contribution in [2.45, 2.75) is 75.4 Å². The van der Waals surface area contributed by atoms with Gasteiger partial charge in [0.15, 0.2) is 0 Å². The molecule has 3 saturated carbocycles. The Morgan fingerprint density at radius 3 is 2.53 bits per heavy atom. The van der Waals surface area contributed by atoms with Crippen LogP contribution in [0.15, 0.2) is 24.5 Å². The third kappa shape index (κ3) is 3.76. The molecule has 0 radical (unpaired) electrons. The molecule has 0 amide bonds. The van der Waals surface area contributed by atoms with Crippen LogP contribution in [0.4, 0.5) is 5.69 Å². The summed E-state index contributed by atoms with van der Waals surface area (Å²) in [5.41, 5.74) is 10.6. The van der Waals surface area contributed by atoms with Gasteiger partial charge in [0.05, 0.1) is 17.4 Å². The average molecular weight is 407 g/mol. The first kappa shape index (κ1) is 18.8. The maximum atomic E-state index is 5.83. The van der Waals surface area contributed by atoms with Gasteiger partial charge < -0.3 is 16.0 Å². The fourth-order valence-corrected chi connectivity index (χ4v) is 5.31. The van der Waals surface area contributed by atoms with Crippen molar-refractivity contribution < 1.29 is 0 Å². The highest BCUT2D eigenvalue weighted by molar-refractivity contribution is 5.66. The van der Waals surface area contributed by atoms with Crippen molar-refractivity contribution in [1.82, 2.24) is 19.7 Å². The molecule has 4 aliphatic rings. The molecule has 2 aromatic rings. The molecule has 0 unspecified atom stereocenters. The predicted molar refractivity (Wildman–Crippen MR) is 119 cm³/mol. The van der Waals surface area contributed by atoms with Crippen molar-refractivity contribution in [1.29, 1.82) is 0 Å². The Morgan fingerprint density at radius 2 is 1.83 bits per heavy atom. The van der Waals surface area contributed by atoms with Gasteiger partial charge >= 0.3 is 0 Å². The maximum Gasteiger partial charge on any atom is 0.0757 e. The van der Waals surface area contributed by atoms with E-state index in [0.717, 1.165) is 31.1 Å². The summed E-state index contributed by atoms with van der Waals surface area (Å²) in [6, 6.07) is 6.35. The molecular weight excluding hydrogens is 372 g/mol. The van der Waals surface area contributed by atoms with Crippen LogP contribution < -0.4 is 11.1 Å². The number of hydrogen-bond acceptors (Lipinski definition) is 5. The predicted octanol–water partition coefficient (Wildman–Crippen LogP) is 3.77. The summed E-state index contributed by atoms with van der Waals surface area (Å²) in [5, 5.41) is 8.82. The minimum Gasteiger partial charge on any atom is -0.382 e. The van der Waals surface area contributed by atoms with Crippen LogP contribution in [0.5, 0.6) is 0 Å². The molecule has 1 saturated heterocycles. The molecular formula is C24H34N6. The van der Waals surface area contributed by atoms with E-state index in [4.69, 9.17) is 15.8 Å². The monoisotopic (exact) mass is 406 g/mol. The van der Waals surface area contributed by atoms with E-state index >= 15 is 0 Å². The highest BCUT2D eigenvalue weighted by Gasteiger charge is 2.35. The fraction of sp³-hybridized carbons (Fsp3) is 0.667. The van der Waals surface area contributed by atoms with Crippen molar-refractivity contribution >= 4 is 5.69 Å². The summed E-state index contributed by atoms with van der Waals surface area (Å²) in [7, 11) is 0. The van der Waals surface area contributed by atoms with E-state index in [1.165, 1.54) is 68.6 Å². The van der Waals surface area contributed by atoms with Gasteiger partial charge in [0, 0.05) is 54.7 Å². The smallest absolute Gasteiger partial charge is 0.0757 e. The molecule has 2 aromatic heterocycles. The van der Waals surface area contributed by atoms with Gasteiger partial charge in [0.1, 0.15) is 0 Å². The topological polar surface area (TPSA) is 72.0 Å². The van der Waals surface area contributed by atoms with Crippen LogP contribution in [0.1, 0.15) is 69.0 Å². The molecule has 3 N–H and O–H groups in total. The SMILES string of the molecule is NCC1CC(n2cc(-c3cc(NC4CCN(C5CC5)CC4)ccn3)c(C3CC3)n2)C1. The van der Waals surface area contributed by atoms with E-state index in [-0.39, 0.29) is 0 Å². The van der Waals surface area contributed by atoms with E-state index in [2.05, 4.69) is 33.2 Å². The Bertz CT molecular complexity index is 885. The first-order chi connectivity index (χ1) is 14.8. The lowest BCUT2D eigenvalue weighted by atomic mass is 9.80. The van der Waals surface area contributed by atoms with Crippen LogP contribution in [0.2, 0.25) is 0 Å². The van der Waals surface area contributed by atoms with E-state index in [1.54, 1.807) is 0 Å². The highest BCUT2D eigenvalue weighted by Crippen LogP contribution is 2.45. The van der Waals surface area contributed by atoms with Crippen molar-refractivity contribution in [3.63, 3.8) is 0 Å². The number of nitrogens with two attached hydrogens (primary N) is 1. The molecule has 0 atom stereocenters. The summed E-state index contributed by atoms with van der Waals surface area (Å²) >= 11 is 0. The molecule has 6 heteroatoms. The van der Waals surface area contributed by atoms with Gasteiger partial charge in [0.2, 0.25) is 0 Å². The average Bonchev–Trinajstić information content (AvgIpc) is 3.66.